The second-order valence-electron chi connectivity index (χ2n) is 4.89. The molecular weight excluding hydrogens is 271 g/mol. The Labute approximate surface area is 111 Å². The number of sulfonamides is 1. The zero-order chi connectivity index (χ0) is 14.1. The Morgan fingerprint density at radius 1 is 1.53 bits per heavy atom. The van der Waals surface area contributed by atoms with Crippen LogP contribution in [0.25, 0.3) is 0 Å². The average Bonchev–Trinajstić information content (AvgIpc) is 2.74. The fraction of sp³-hybridized carbons (Fsp3) is 0.500. The van der Waals surface area contributed by atoms with Gasteiger partial charge in [-0.05, 0) is 43.7 Å². The van der Waals surface area contributed by atoms with E-state index >= 15 is 0 Å². The van der Waals surface area contributed by atoms with Gasteiger partial charge in [0.05, 0.1) is 10.5 Å². The van der Waals surface area contributed by atoms with Crippen LogP contribution in [0.1, 0.15) is 12.0 Å². The van der Waals surface area contributed by atoms with Crippen LogP contribution in [0, 0.1) is 12.7 Å². The van der Waals surface area contributed by atoms with E-state index in [-0.39, 0.29) is 11.4 Å². The van der Waals surface area contributed by atoms with Gasteiger partial charge in [-0.15, -0.1) is 0 Å². The molecule has 0 aromatic heterocycles. The zero-order valence-corrected chi connectivity index (χ0v) is 11.4. The standard InChI is InChI=1S/C12H17FN2O3S/c1-9-6-10(13)2-3-11(9)19(17,18)15-8-12(16)4-5-14-7-12/h2-3,6,14-16H,4-5,7-8H2,1H3. The third kappa shape index (κ3) is 3.30. The topological polar surface area (TPSA) is 78.4 Å². The van der Waals surface area contributed by atoms with Crippen molar-refractivity contribution in [1.29, 1.82) is 0 Å². The van der Waals surface area contributed by atoms with E-state index in [2.05, 4.69) is 10.0 Å². The maximum Gasteiger partial charge on any atom is 0.240 e. The lowest BCUT2D eigenvalue weighted by Crippen LogP contribution is -2.44. The highest BCUT2D eigenvalue weighted by Crippen LogP contribution is 2.18. The van der Waals surface area contributed by atoms with Gasteiger partial charge in [0.2, 0.25) is 10.0 Å². The smallest absolute Gasteiger partial charge is 0.240 e. The Balaban J connectivity index is 2.14. The minimum Gasteiger partial charge on any atom is -0.387 e. The Kier molecular flexibility index (Phi) is 3.91. The summed E-state index contributed by atoms with van der Waals surface area (Å²) in [5, 5.41) is 13.0. The van der Waals surface area contributed by atoms with E-state index in [0.29, 0.717) is 25.1 Å². The van der Waals surface area contributed by atoms with Crippen molar-refractivity contribution in [2.24, 2.45) is 0 Å². The van der Waals surface area contributed by atoms with E-state index in [4.69, 9.17) is 0 Å². The Morgan fingerprint density at radius 2 is 2.26 bits per heavy atom. The van der Waals surface area contributed by atoms with Crippen LogP contribution in [-0.4, -0.2) is 38.8 Å². The van der Waals surface area contributed by atoms with Crippen molar-refractivity contribution >= 4 is 10.0 Å². The maximum absolute atomic E-state index is 13.0. The summed E-state index contributed by atoms with van der Waals surface area (Å²) in [4.78, 5) is 0.0310. The molecule has 2 rings (SSSR count). The van der Waals surface area contributed by atoms with Crippen molar-refractivity contribution in [2.75, 3.05) is 19.6 Å². The summed E-state index contributed by atoms with van der Waals surface area (Å²) in [6.45, 7) is 2.49. The number of hydrogen-bond acceptors (Lipinski definition) is 4. The third-order valence-electron chi connectivity index (χ3n) is 3.24. The van der Waals surface area contributed by atoms with Crippen LogP contribution in [-0.2, 0) is 10.0 Å². The molecule has 0 aliphatic carbocycles. The van der Waals surface area contributed by atoms with E-state index in [1.165, 1.54) is 19.1 Å². The van der Waals surface area contributed by atoms with Gasteiger partial charge in [-0.3, -0.25) is 0 Å². The second kappa shape index (κ2) is 5.16. The molecule has 106 valence electrons. The molecule has 0 bridgehead atoms. The van der Waals surface area contributed by atoms with Crippen LogP contribution in [0.4, 0.5) is 4.39 Å². The third-order valence-corrected chi connectivity index (χ3v) is 4.80. The molecule has 1 unspecified atom stereocenters. The molecule has 0 saturated carbocycles. The minimum absolute atomic E-state index is 0.0310. The highest BCUT2D eigenvalue weighted by Gasteiger charge is 2.32. The molecule has 1 aliphatic rings. The summed E-state index contributed by atoms with van der Waals surface area (Å²) in [7, 11) is -3.74. The van der Waals surface area contributed by atoms with Gasteiger partial charge in [-0.1, -0.05) is 0 Å². The van der Waals surface area contributed by atoms with Crippen LogP contribution < -0.4 is 10.0 Å². The zero-order valence-electron chi connectivity index (χ0n) is 10.6. The average molecular weight is 288 g/mol. The number of nitrogens with one attached hydrogen (secondary N) is 2. The van der Waals surface area contributed by atoms with E-state index in [1.807, 2.05) is 0 Å². The molecule has 0 radical (unpaired) electrons. The van der Waals surface area contributed by atoms with Crippen LogP contribution in [0.2, 0.25) is 0 Å². The predicted octanol–water partition coefficient (Wildman–Crippen LogP) is 0.137. The monoisotopic (exact) mass is 288 g/mol. The Morgan fingerprint density at radius 3 is 2.84 bits per heavy atom. The van der Waals surface area contributed by atoms with Crippen LogP contribution >= 0.6 is 0 Å². The van der Waals surface area contributed by atoms with Gasteiger partial charge in [-0.25, -0.2) is 17.5 Å². The summed E-state index contributed by atoms with van der Waals surface area (Å²) < 4.78 is 39.5. The van der Waals surface area contributed by atoms with Crippen LogP contribution in [0.3, 0.4) is 0 Å². The van der Waals surface area contributed by atoms with Crippen molar-refractivity contribution < 1.29 is 17.9 Å². The molecule has 5 nitrogen and oxygen atoms in total. The van der Waals surface area contributed by atoms with E-state index in [1.54, 1.807) is 0 Å². The number of β-amino-alcohol motifs (C(OH)–C–C–N with tert-alkyl or cyclic N) is 1. The lowest BCUT2D eigenvalue weighted by molar-refractivity contribution is 0.0667. The van der Waals surface area contributed by atoms with Crippen molar-refractivity contribution in [2.45, 2.75) is 23.8 Å². The number of hydrogen-bond donors (Lipinski definition) is 3. The predicted molar refractivity (Wildman–Crippen MR) is 68.8 cm³/mol. The van der Waals surface area contributed by atoms with Crippen molar-refractivity contribution in [1.82, 2.24) is 10.0 Å². The highest BCUT2D eigenvalue weighted by molar-refractivity contribution is 7.89. The maximum atomic E-state index is 13.0. The van der Waals surface area contributed by atoms with Crippen LogP contribution in [0.5, 0.6) is 0 Å². The Hall–Kier alpha value is -1.02. The van der Waals surface area contributed by atoms with Gasteiger partial charge < -0.3 is 10.4 Å². The number of rotatable bonds is 4. The number of aryl methyl sites for hydroxylation is 1. The Bertz CT molecular complexity index is 568. The number of halogens is 1. The molecule has 3 N–H and O–H groups in total. The van der Waals surface area contributed by atoms with Crippen molar-refractivity contribution in [3.05, 3.63) is 29.6 Å². The summed E-state index contributed by atoms with van der Waals surface area (Å²) in [6, 6.07) is 3.50. The number of aliphatic hydroxyl groups is 1. The lowest BCUT2D eigenvalue weighted by Gasteiger charge is -2.21. The SMILES string of the molecule is Cc1cc(F)ccc1S(=O)(=O)NCC1(O)CCNC1. The first-order chi connectivity index (χ1) is 8.82. The molecule has 1 fully saturated rings. The molecule has 1 heterocycles. The first-order valence-electron chi connectivity index (χ1n) is 6.01. The van der Waals surface area contributed by atoms with Gasteiger partial charge in [0, 0.05) is 13.1 Å². The molecule has 1 aromatic rings. The minimum atomic E-state index is -3.74. The van der Waals surface area contributed by atoms with E-state index in [9.17, 15) is 17.9 Å². The summed E-state index contributed by atoms with van der Waals surface area (Å²) in [5.74, 6) is -0.477. The largest absolute Gasteiger partial charge is 0.387 e. The van der Waals surface area contributed by atoms with Crippen molar-refractivity contribution in [3.8, 4) is 0 Å². The molecule has 19 heavy (non-hydrogen) atoms. The molecule has 1 saturated heterocycles. The molecular formula is C12H17FN2O3S. The van der Waals surface area contributed by atoms with E-state index in [0.717, 1.165) is 6.07 Å². The molecule has 1 aliphatic heterocycles. The second-order valence-corrected chi connectivity index (χ2v) is 6.62. The molecule has 0 amide bonds. The fourth-order valence-electron chi connectivity index (χ4n) is 2.10. The highest BCUT2D eigenvalue weighted by atomic mass is 32.2. The summed E-state index contributed by atoms with van der Waals surface area (Å²) >= 11 is 0. The summed E-state index contributed by atoms with van der Waals surface area (Å²) in [6.07, 6.45) is 0.498. The van der Waals surface area contributed by atoms with Gasteiger partial charge >= 0.3 is 0 Å². The van der Waals surface area contributed by atoms with Crippen LogP contribution in [0.15, 0.2) is 23.1 Å². The lowest BCUT2D eigenvalue weighted by atomic mass is 10.1. The molecule has 1 atom stereocenters. The van der Waals surface area contributed by atoms with Gasteiger partial charge in [0.1, 0.15) is 5.82 Å². The fourth-order valence-corrected chi connectivity index (χ4v) is 3.45. The normalized spacial score (nSPS) is 23.7. The van der Waals surface area contributed by atoms with E-state index < -0.39 is 21.4 Å². The van der Waals surface area contributed by atoms with Gasteiger partial charge in [0.15, 0.2) is 0 Å². The van der Waals surface area contributed by atoms with Gasteiger partial charge in [-0.2, -0.15) is 0 Å². The van der Waals surface area contributed by atoms with Crippen molar-refractivity contribution in [3.63, 3.8) is 0 Å². The molecule has 0 spiro atoms. The molecule has 7 heteroatoms. The number of benzene rings is 1. The first-order valence-corrected chi connectivity index (χ1v) is 7.50. The summed E-state index contributed by atoms with van der Waals surface area (Å²) in [5.41, 5.74) is -0.717. The first kappa shape index (κ1) is 14.4. The quantitative estimate of drug-likeness (QED) is 0.736. The molecule has 1 aromatic carbocycles. The van der Waals surface area contributed by atoms with Gasteiger partial charge in [0.25, 0.3) is 0 Å².